The number of hydrogen-bond donors (Lipinski definition) is 0. The van der Waals surface area contributed by atoms with Crippen LogP contribution in [-0.4, -0.2) is 14.8 Å². The fraction of sp³-hybridized carbons (Fsp3) is 0.385. The topological polar surface area (TPSA) is 30.7 Å². The van der Waals surface area contributed by atoms with Gasteiger partial charge in [0.2, 0.25) is 0 Å². The van der Waals surface area contributed by atoms with Crippen LogP contribution in [0.3, 0.4) is 0 Å². The first-order chi connectivity index (χ1) is 7.75. The standard InChI is InChI=1S/C13H17N3/c1-11(2)8-13-15-14-10-16(13)9-12-6-4-3-5-7-12/h3-7,10-11H,8-9H2,1-2H3. The van der Waals surface area contributed by atoms with Crippen LogP contribution >= 0.6 is 0 Å². The lowest BCUT2D eigenvalue weighted by Crippen LogP contribution is -2.07. The Kier molecular flexibility index (Phi) is 3.34. The van der Waals surface area contributed by atoms with Gasteiger partial charge in [-0.2, -0.15) is 0 Å². The van der Waals surface area contributed by atoms with Gasteiger partial charge in [-0.15, -0.1) is 10.2 Å². The number of rotatable bonds is 4. The van der Waals surface area contributed by atoms with E-state index in [0.29, 0.717) is 5.92 Å². The molecular weight excluding hydrogens is 198 g/mol. The summed E-state index contributed by atoms with van der Waals surface area (Å²) in [5.41, 5.74) is 1.28. The van der Waals surface area contributed by atoms with E-state index in [1.807, 2.05) is 12.4 Å². The van der Waals surface area contributed by atoms with Crippen LogP contribution in [0.4, 0.5) is 0 Å². The summed E-state index contributed by atoms with van der Waals surface area (Å²) in [6.45, 7) is 5.25. The van der Waals surface area contributed by atoms with Crippen LogP contribution in [0.5, 0.6) is 0 Å². The highest BCUT2D eigenvalue weighted by atomic mass is 15.3. The summed E-state index contributed by atoms with van der Waals surface area (Å²) in [7, 11) is 0. The molecule has 0 aliphatic rings. The van der Waals surface area contributed by atoms with Gasteiger partial charge in [0.1, 0.15) is 12.2 Å². The minimum atomic E-state index is 0.610. The van der Waals surface area contributed by atoms with Crippen molar-refractivity contribution in [2.45, 2.75) is 26.8 Å². The van der Waals surface area contributed by atoms with Crippen molar-refractivity contribution in [3.8, 4) is 0 Å². The van der Waals surface area contributed by atoms with Crippen LogP contribution in [0, 0.1) is 5.92 Å². The molecule has 1 heterocycles. The number of hydrogen-bond acceptors (Lipinski definition) is 2. The molecule has 0 saturated heterocycles. The van der Waals surface area contributed by atoms with Gasteiger partial charge in [0.15, 0.2) is 0 Å². The van der Waals surface area contributed by atoms with Crippen LogP contribution in [-0.2, 0) is 13.0 Å². The summed E-state index contributed by atoms with van der Waals surface area (Å²) in [6.07, 6.45) is 2.79. The molecule has 0 bridgehead atoms. The molecule has 0 unspecified atom stereocenters. The number of nitrogens with zero attached hydrogens (tertiary/aromatic N) is 3. The van der Waals surface area contributed by atoms with Crippen LogP contribution in [0.25, 0.3) is 0 Å². The molecule has 0 N–H and O–H groups in total. The zero-order valence-corrected chi connectivity index (χ0v) is 9.80. The zero-order chi connectivity index (χ0) is 11.4. The van der Waals surface area contributed by atoms with Crippen LogP contribution in [0.1, 0.15) is 25.2 Å². The molecule has 0 aliphatic carbocycles. The van der Waals surface area contributed by atoms with Crippen molar-refractivity contribution < 1.29 is 0 Å². The van der Waals surface area contributed by atoms with Crippen molar-refractivity contribution in [3.63, 3.8) is 0 Å². The van der Waals surface area contributed by atoms with Crippen molar-refractivity contribution in [2.75, 3.05) is 0 Å². The Labute approximate surface area is 96.1 Å². The molecule has 1 aromatic carbocycles. The molecule has 1 aromatic heterocycles. The van der Waals surface area contributed by atoms with Crippen molar-refractivity contribution in [2.24, 2.45) is 5.92 Å². The average molecular weight is 215 g/mol. The Balaban J connectivity index is 2.13. The Hall–Kier alpha value is -1.64. The molecule has 0 spiro atoms. The van der Waals surface area contributed by atoms with Crippen LogP contribution in [0.15, 0.2) is 36.7 Å². The Morgan fingerprint density at radius 1 is 1.19 bits per heavy atom. The second-order valence-corrected chi connectivity index (χ2v) is 4.46. The van der Waals surface area contributed by atoms with Gasteiger partial charge in [-0.25, -0.2) is 0 Å². The van der Waals surface area contributed by atoms with Gasteiger partial charge < -0.3 is 4.57 Å². The maximum atomic E-state index is 4.17. The molecule has 0 aliphatic heterocycles. The van der Waals surface area contributed by atoms with E-state index in [4.69, 9.17) is 0 Å². The highest BCUT2D eigenvalue weighted by Gasteiger charge is 2.06. The molecule has 0 saturated carbocycles. The van der Waals surface area contributed by atoms with Gasteiger partial charge >= 0.3 is 0 Å². The summed E-state index contributed by atoms with van der Waals surface area (Å²) < 4.78 is 2.12. The fourth-order valence-electron chi connectivity index (χ4n) is 1.71. The van der Waals surface area contributed by atoms with Crippen LogP contribution in [0.2, 0.25) is 0 Å². The SMILES string of the molecule is CC(C)Cc1nncn1Cc1ccccc1. The molecule has 3 heteroatoms. The second-order valence-electron chi connectivity index (χ2n) is 4.46. The van der Waals surface area contributed by atoms with Crippen molar-refractivity contribution in [3.05, 3.63) is 48.0 Å². The smallest absolute Gasteiger partial charge is 0.133 e. The predicted octanol–water partition coefficient (Wildman–Crippen LogP) is 2.52. The average Bonchev–Trinajstić information content (AvgIpc) is 2.66. The predicted molar refractivity (Wildman–Crippen MR) is 64.1 cm³/mol. The summed E-state index contributed by atoms with van der Waals surface area (Å²) >= 11 is 0. The van der Waals surface area contributed by atoms with E-state index in [2.05, 4.69) is 52.9 Å². The number of aromatic nitrogens is 3. The molecule has 0 amide bonds. The second kappa shape index (κ2) is 4.92. The molecule has 0 radical (unpaired) electrons. The molecule has 84 valence electrons. The van der Waals surface area contributed by atoms with E-state index in [1.54, 1.807) is 0 Å². The molecule has 16 heavy (non-hydrogen) atoms. The summed E-state index contributed by atoms with van der Waals surface area (Å²) in [5, 5.41) is 8.15. The van der Waals surface area contributed by atoms with Crippen molar-refractivity contribution >= 4 is 0 Å². The number of benzene rings is 1. The molecule has 3 nitrogen and oxygen atoms in total. The van der Waals surface area contributed by atoms with E-state index >= 15 is 0 Å². The minimum absolute atomic E-state index is 0.610. The first kappa shape index (κ1) is 10.9. The van der Waals surface area contributed by atoms with Gasteiger partial charge in [0, 0.05) is 6.42 Å². The normalized spacial score (nSPS) is 10.9. The lowest BCUT2D eigenvalue weighted by atomic mass is 10.1. The van der Waals surface area contributed by atoms with Gasteiger partial charge in [0.25, 0.3) is 0 Å². The van der Waals surface area contributed by atoms with E-state index in [9.17, 15) is 0 Å². The summed E-state index contributed by atoms with van der Waals surface area (Å²) in [4.78, 5) is 0. The Bertz CT molecular complexity index is 431. The monoisotopic (exact) mass is 215 g/mol. The largest absolute Gasteiger partial charge is 0.313 e. The molecule has 0 fully saturated rings. The molecule has 2 rings (SSSR count). The molecule has 0 atom stereocenters. The third-order valence-electron chi connectivity index (χ3n) is 2.48. The lowest BCUT2D eigenvalue weighted by molar-refractivity contribution is 0.589. The molecule has 2 aromatic rings. The van der Waals surface area contributed by atoms with Crippen LogP contribution < -0.4 is 0 Å². The van der Waals surface area contributed by atoms with E-state index in [0.717, 1.165) is 18.8 Å². The van der Waals surface area contributed by atoms with Crippen molar-refractivity contribution in [1.82, 2.24) is 14.8 Å². The summed E-state index contributed by atoms with van der Waals surface area (Å²) in [6, 6.07) is 10.4. The zero-order valence-electron chi connectivity index (χ0n) is 9.80. The fourth-order valence-corrected chi connectivity index (χ4v) is 1.71. The Morgan fingerprint density at radius 3 is 2.62 bits per heavy atom. The maximum absolute atomic E-state index is 4.17. The van der Waals surface area contributed by atoms with Crippen molar-refractivity contribution in [1.29, 1.82) is 0 Å². The first-order valence-electron chi connectivity index (χ1n) is 5.66. The molecular formula is C13H17N3. The van der Waals surface area contributed by atoms with E-state index < -0.39 is 0 Å². The van der Waals surface area contributed by atoms with Gasteiger partial charge in [-0.1, -0.05) is 44.2 Å². The third-order valence-corrected chi connectivity index (χ3v) is 2.48. The highest BCUT2D eigenvalue weighted by Crippen LogP contribution is 2.08. The lowest BCUT2D eigenvalue weighted by Gasteiger charge is -2.08. The minimum Gasteiger partial charge on any atom is -0.313 e. The Morgan fingerprint density at radius 2 is 1.94 bits per heavy atom. The first-order valence-corrected chi connectivity index (χ1v) is 5.66. The van der Waals surface area contributed by atoms with Gasteiger partial charge in [0.05, 0.1) is 6.54 Å². The van der Waals surface area contributed by atoms with E-state index in [1.165, 1.54) is 5.56 Å². The van der Waals surface area contributed by atoms with Gasteiger partial charge in [-0.05, 0) is 11.5 Å². The van der Waals surface area contributed by atoms with E-state index in [-0.39, 0.29) is 0 Å². The maximum Gasteiger partial charge on any atom is 0.133 e. The summed E-state index contributed by atoms with van der Waals surface area (Å²) in [5.74, 6) is 1.68. The third kappa shape index (κ3) is 2.69. The van der Waals surface area contributed by atoms with Gasteiger partial charge in [-0.3, -0.25) is 0 Å². The highest BCUT2D eigenvalue weighted by molar-refractivity contribution is 5.15. The quantitative estimate of drug-likeness (QED) is 0.784.